The van der Waals surface area contributed by atoms with Crippen LogP contribution in [0.25, 0.3) is 6.08 Å². The summed E-state index contributed by atoms with van der Waals surface area (Å²) in [5.41, 5.74) is 1.83. The molecule has 1 aromatic rings. The molecule has 5 nitrogen and oxygen atoms in total. The highest BCUT2D eigenvalue weighted by Crippen LogP contribution is 2.22. The number of piperidine rings is 1. The van der Waals surface area contributed by atoms with Crippen molar-refractivity contribution in [2.24, 2.45) is 0 Å². The molecule has 0 spiro atoms. The third-order valence-corrected chi connectivity index (χ3v) is 4.40. The Morgan fingerprint density at radius 2 is 1.96 bits per heavy atom. The summed E-state index contributed by atoms with van der Waals surface area (Å²) in [6.07, 6.45) is 6.07. The van der Waals surface area contributed by atoms with Crippen molar-refractivity contribution in [2.75, 3.05) is 24.5 Å². The third kappa shape index (κ3) is 3.79. The Balaban J connectivity index is 1.61. The van der Waals surface area contributed by atoms with Gasteiger partial charge in [0.2, 0.25) is 11.8 Å². The number of hydrogen-bond donors (Lipinski definition) is 1. The normalized spacial score (nSPS) is 22.1. The molecule has 2 heterocycles. The van der Waals surface area contributed by atoms with Crippen LogP contribution in [-0.2, 0) is 9.59 Å². The molecule has 0 bridgehead atoms. The predicted octanol–water partition coefficient (Wildman–Crippen LogP) is 1.81. The van der Waals surface area contributed by atoms with Crippen molar-refractivity contribution in [3.05, 3.63) is 35.9 Å². The minimum atomic E-state index is -0.404. The van der Waals surface area contributed by atoms with Gasteiger partial charge in [0.15, 0.2) is 0 Å². The second-order valence-electron chi connectivity index (χ2n) is 6.15. The first-order valence-electron chi connectivity index (χ1n) is 8.19. The maximum absolute atomic E-state index is 12.1. The van der Waals surface area contributed by atoms with Gasteiger partial charge in [0, 0.05) is 37.8 Å². The second-order valence-corrected chi connectivity index (χ2v) is 6.15. The molecule has 5 heteroatoms. The Bertz CT molecular complexity index is 609. The van der Waals surface area contributed by atoms with Gasteiger partial charge in [-0.2, -0.15) is 0 Å². The first-order valence-corrected chi connectivity index (χ1v) is 8.19. The van der Waals surface area contributed by atoms with Crippen LogP contribution in [0.2, 0.25) is 0 Å². The number of carbonyl (C=O) groups excluding carboxylic acids is 2. The maximum Gasteiger partial charge on any atom is 0.246 e. The summed E-state index contributed by atoms with van der Waals surface area (Å²) in [5.74, 6) is 0.106. The van der Waals surface area contributed by atoms with E-state index in [1.807, 2.05) is 24.3 Å². The fraction of sp³-hybridized carbons (Fsp3) is 0.444. The molecular weight excluding hydrogens is 292 g/mol. The number of nitrogens with zero attached hydrogens (tertiary/aromatic N) is 2. The monoisotopic (exact) mass is 314 g/mol. The third-order valence-electron chi connectivity index (χ3n) is 4.40. The molecule has 0 aromatic heterocycles. The number of aliphatic hydroxyl groups excluding tert-OH is 1. The highest BCUT2D eigenvalue weighted by atomic mass is 16.3. The topological polar surface area (TPSA) is 60.9 Å². The van der Waals surface area contributed by atoms with Gasteiger partial charge in [0.25, 0.3) is 0 Å². The summed E-state index contributed by atoms with van der Waals surface area (Å²) < 4.78 is 0. The predicted molar refractivity (Wildman–Crippen MR) is 88.9 cm³/mol. The van der Waals surface area contributed by atoms with Crippen LogP contribution in [0.5, 0.6) is 0 Å². The van der Waals surface area contributed by atoms with Crippen LogP contribution in [0.4, 0.5) is 5.69 Å². The zero-order chi connectivity index (χ0) is 16.2. The molecule has 0 aliphatic carbocycles. The standard InChI is InChI=1S/C18H22N2O3/c21-16-3-1-11-19(13-16)17(22)10-7-14-5-8-15(9-6-14)20-12-2-4-18(20)23/h5-10,16,21H,1-4,11-13H2. The lowest BCUT2D eigenvalue weighted by Crippen LogP contribution is -2.41. The van der Waals surface area contributed by atoms with Crippen LogP contribution in [0.15, 0.2) is 30.3 Å². The zero-order valence-corrected chi connectivity index (χ0v) is 13.1. The molecule has 2 amide bonds. The molecule has 3 rings (SSSR count). The van der Waals surface area contributed by atoms with E-state index in [9.17, 15) is 14.7 Å². The van der Waals surface area contributed by atoms with Gasteiger partial charge >= 0.3 is 0 Å². The molecule has 2 fully saturated rings. The number of rotatable bonds is 3. The smallest absolute Gasteiger partial charge is 0.246 e. The number of amides is 2. The van der Waals surface area contributed by atoms with Crippen LogP contribution in [0.3, 0.4) is 0 Å². The fourth-order valence-corrected chi connectivity index (χ4v) is 3.11. The van der Waals surface area contributed by atoms with Crippen molar-refractivity contribution in [3.63, 3.8) is 0 Å². The minimum absolute atomic E-state index is 0.0671. The number of likely N-dealkylation sites (tertiary alicyclic amines) is 1. The average Bonchev–Trinajstić information content (AvgIpc) is 2.99. The number of benzene rings is 1. The first-order chi connectivity index (χ1) is 11.1. The van der Waals surface area contributed by atoms with E-state index >= 15 is 0 Å². The lowest BCUT2D eigenvalue weighted by molar-refractivity contribution is -0.128. The van der Waals surface area contributed by atoms with Crippen molar-refractivity contribution in [1.82, 2.24) is 4.90 Å². The zero-order valence-electron chi connectivity index (χ0n) is 13.1. The number of hydrogen-bond acceptors (Lipinski definition) is 3. The van der Waals surface area contributed by atoms with E-state index in [1.165, 1.54) is 0 Å². The second kappa shape index (κ2) is 6.96. The van der Waals surface area contributed by atoms with Crippen LogP contribution in [0, 0.1) is 0 Å². The van der Waals surface area contributed by atoms with E-state index in [-0.39, 0.29) is 11.8 Å². The molecule has 0 radical (unpaired) electrons. The van der Waals surface area contributed by atoms with Gasteiger partial charge < -0.3 is 14.9 Å². The van der Waals surface area contributed by atoms with Gasteiger partial charge in [-0.1, -0.05) is 12.1 Å². The van der Waals surface area contributed by atoms with Gasteiger partial charge in [0.05, 0.1) is 6.10 Å². The van der Waals surface area contributed by atoms with E-state index in [1.54, 1.807) is 22.0 Å². The van der Waals surface area contributed by atoms with Crippen LogP contribution in [-0.4, -0.2) is 47.6 Å². The summed E-state index contributed by atoms with van der Waals surface area (Å²) in [7, 11) is 0. The van der Waals surface area contributed by atoms with Gasteiger partial charge in [-0.05, 0) is 43.0 Å². The molecule has 122 valence electrons. The molecule has 1 N–H and O–H groups in total. The Morgan fingerprint density at radius 1 is 1.17 bits per heavy atom. The van der Waals surface area contributed by atoms with Gasteiger partial charge in [0.1, 0.15) is 0 Å². The van der Waals surface area contributed by atoms with Crippen molar-refractivity contribution < 1.29 is 14.7 Å². The van der Waals surface area contributed by atoms with Crippen LogP contribution in [0.1, 0.15) is 31.2 Å². The minimum Gasteiger partial charge on any atom is -0.391 e. The Kier molecular flexibility index (Phi) is 4.76. The SMILES string of the molecule is O=C(C=Cc1ccc(N2CCCC2=O)cc1)N1CCCC(O)C1. The highest BCUT2D eigenvalue weighted by Gasteiger charge is 2.21. The summed E-state index contributed by atoms with van der Waals surface area (Å²) in [4.78, 5) is 27.3. The largest absolute Gasteiger partial charge is 0.391 e. The molecule has 1 atom stereocenters. The molecule has 1 unspecified atom stereocenters. The van der Waals surface area contributed by atoms with Crippen LogP contribution < -0.4 is 4.90 Å². The average molecular weight is 314 g/mol. The van der Waals surface area contributed by atoms with E-state index < -0.39 is 6.10 Å². The van der Waals surface area contributed by atoms with Crippen molar-refractivity contribution in [2.45, 2.75) is 31.8 Å². The van der Waals surface area contributed by atoms with Crippen LogP contribution >= 0.6 is 0 Å². The number of β-amino-alcohol motifs (C(OH)–C–C–N with tert-alkyl or cyclic N) is 1. The summed E-state index contributed by atoms with van der Waals surface area (Å²) in [5, 5.41) is 9.62. The molecule has 0 saturated carbocycles. The maximum atomic E-state index is 12.1. The lowest BCUT2D eigenvalue weighted by atomic mass is 10.1. The summed E-state index contributed by atoms with van der Waals surface area (Å²) in [6.45, 7) is 1.90. The quantitative estimate of drug-likeness (QED) is 0.866. The fourth-order valence-electron chi connectivity index (χ4n) is 3.11. The van der Waals surface area contributed by atoms with Gasteiger partial charge in [-0.3, -0.25) is 9.59 Å². The highest BCUT2D eigenvalue weighted by molar-refractivity contribution is 5.95. The number of anilines is 1. The molecule has 2 aliphatic rings. The summed E-state index contributed by atoms with van der Waals surface area (Å²) >= 11 is 0. The Labute approximate surface area is 136 Å². The summed E-state index contributed by atoms with van der Waals surface area (Å²) in [6, 6.07) is 7.65. The lowest BCUT2D eigenvalue weighted by Gasteiger charge is -2.29. The Morgan fingerprint density at radius 3 is 2.61 bits per heavy atom. The Hall–Kier alpha value is -2.14. The number of aliphatic hydroxyl groups is 1. The van der Waals surface area contributed by atoms with Crippen molar-refractivity contribution in [3.8, 4) is 0 Å². The molecular formula is C18H22N2O3. The van der Waals surface area contributed by atoms with Gasteiger partial charge in [-0.25, -0.2) is 0 Å². The number of carbonyl (C=O) groups is 2. The molecule has 2 aliphatic heterocycles. The molecule has 23 heavy (non-hydrogen) atoms. The van der Waals surface area contributed by atoms with E-state index in [4.69, 9.17) is 0 Å². The first kappa shape index (κ1) is 15.7. The van der Waals surface area contributed by atoms with Gasteiger partial charge in [-0.15, -0.1) is 0 Å². The van der Waals surface area contributed by atoms with Crippen molar-refractivity contribution in [1.29, 1.82) is 0 Å². The van der Waals surface area contributed by atoms with E-state index in [0.29, 0.717) is 19.5 Å². The molecule has 2 saturated heterocycles. The van der Waals surface area contributed by atoms with Crippen molar-refractivity contribution >= 4 is 23.6 Å². The van der Waals surface area contributed by atoms with E-state index in [2.05, 4.69) is 0 Å². The van der Waals surface area contributed by atoms with E-state index in [0.717, 1.165) is 37.1 Å². The molecule has 1 aromatic carbocycles.